The summed E-state index contributed by atoms with van der Waals surface area (Å²) in [7, 11) is -3.28. The van der Waals surface area contributed by atoms with Crippen LogP contribution in [0.5, 0.6) is 0 Å². The van der Waals surface area contributed by atoms with Crippen LogP contribution in [0, 0.1) is 6.92 Å². The van der Waals surface area contributed by atoms with Gasteiger partial charge < -0.3 is 9.64 Å². The molecule has 0 spiro atoms. The number of carbonyl (C=O) groups excluding carboxylic acids is 1. The first kappa shape index (κ1) is 21.0. The maximum Gasteiger partial charge on any atom is 0.282 e. The van der Waals surface area contributed by atoms with Crippen LogP contribution >= 0.6 is 0 Å². The van der Waals surface area contributed by atoms with Gasteiger partial charge in [-0.05, 0) is 30.7 Å². The average molecular weight is 400 g/mol. The maximum absolute atomic E-state index is 12.7. The lowest BCUT2D eigenvalue weighted by molar-refractivity contribution is -0.119. The van der Waals surface area contributed by atoms with Gasteiger partial charge in [0.15, 0.2) is 0 Å². The van der Waals surface area contributed by atoms with Gasteiger partial charge in [0, 0.05) is 34.0 Å². The predicted octanol–water partition coefficient (Wildman–Crippen LogP) is 1.79. The number of amides is 1. The Balaban J connectivity index is 1.96. The van der Waals surface area contributed by atoms with Gasteiger partial charge in [0.05, 0.1) is 0 Å². The number of aryl methyl sites for hydroxylation is 1. The second-order valence-corrected chi connectivity index (χ2v) is 15.2. The first-order valence-electron chi connectivity index (χ1n) is 8.69. The number of rotatable bonds is 7. The fourth-order valence-corrected chi connectivity index (χ4v) is 4.59. The highest BCUT2D eigenvalue weighted by Crippen LogP contribution is 2.18. The third-order valence-electron chi connectivity index (χ3n) is 4.27. The van der Waals surface area contributed by atoms with Gasteiger partial charge in [0.2, 0.25) is 5.91 Å². The van der Waals surface area contributed by atoms with Crippen LogP contribution in [0.25, 0.3) is 0 Å². The van der Waals surface area contributed by atoms with E-state index in [9.17, 15) is 13.2 Å². The van der Waals surface area contributed by atoms with Crippen LogP contribution in [0.4, 0.5) is 5.69 Å². The Hall–Kier alpha value is -1.26. The number of anilines is 1. The van der Waals surface area contributed by atoms with E-state index < -0.39 is 24.3 Å². The molecular formula is C17H29N3O4SSi. The molecule has 1 heterocycles. The minimum Gasteiger partial charge on any atom is -0.365 e. The minimum atomic E-state index is -3.70. The van der Waals surface area contributed by atoms with Crippen LogP contribution in [-0.2, 0) is 19.7 Å². The monoisotopic (exact) mass is 399 g/mol. The maximum atomic E-state index is 12.7. The van der Waals surface area contributed by atoms with Crippen LogP contribution < -0.4 is 9.62 Å². The van der Waals surface area contributed by atoms with Gasteiger partial charge in [-0.3, -0.25) is 4.79 Å². The normalized spacial score (nSPS) is 20.3. The van der Waals surface area contributed by atoms with Crippen molar-refractivity contribution in [2.75, 3.05) is 31.8 Å². The molecule has 1 fully saturated rings. The predicted molar refractivity (Wildman–Crippen MR) is 106 cm³/mol. The van der Waals surface area contributed by atoms with Crippen LogP contribution in [0.3, 0.4) is 0 Å². The Kier molecular flexibility index (Phi) is 6.62. The molecular weight excluding hydrogens is 370 g/mol. The second-order valence-electron chi connectivity index (χ2n) is 7.89. The third-order valence-corrected chi connectivity index (χ3v) is 7.49. The molecule has 1 amide bonds. The lowest BCUT2D eigenvalue weighted by Gasteiger charge is -2.21. The molecule has 7 nitrogen and oxygen atoms in total. The van der Waals surface area contributed by atoms with Gasteiger partial charge in [0.1, 0.15) is 12.8 Å². The molecule has 1 saturated heterocycles. The molecule has 1 aliphatic heterocycles. The Labute approximate surface area is 157 Å². The van der Waals surface area contributed by atoms with Crippen molar-refractivity contribution in [1.29, 1.82) is 0 Å². The molecule has 0 aliphatic carbocycles. The van der Waals surface area contributed by atoms with Gasteiger partial charge >= 0.3 is 0 Å². The van der Waals surface area contributed by atoms with E-state index in [4.69, 9.17) is 4.74 Å². The summed E-state index contributed by atoms with van der Waals surface area (Å²) in [6.45, 7) is 9.23. The fourth-order valence-electron chi connectivity index (χ4n) is 2.59. The zero-order chi connectivity index (χ0) is 19.5. The smallest absolute Gasteiger partial charge is 0.282 e. The summed E-state index contributed by atoms with van der Waals surface area (Å²) in [5.41, 5.74) is 1.77. The van der Waals surface area contributed by atoms with Gasteiger partial charge in [-0.2, -0.15) is 17.4 Å². The highest BCUT2D eigenvalue weighted by atomic mass is 32.2. The van der Waals surface area contributed by atoms with E-state index >= 15 is 0 Å². The number of likely N-dealkylation sites (N-methyl/N-ethyl adjacent to an activating group) is 1. The molecule has 0 radical (unpaired) electrons. The second kappa shape index (κ2) is 8.18. The molecule has 0 saturated carbocycles. The minimum absolute atomic E-state index is 0.0300. The molecule has 1 atom stereocenters. The van der Waals surface area contributed by atoms with Crippen molar-refractivity contribution in [3.05, 3.63) is 29.8 Å². The molecule has 1 aromatic rings. The summed E-state index contributed by atoms with van der Waals surface area (Å²) in [6.07, 6.45) is 0. The molecule has 1 N–H and O–H groups in total. The zero-order valence-corrected chi connectivity index (χ0v) is 18.0. The highest BCUT2D eigenvalue weighted by Gasteiger charge is 2.40. The van der Waals surface area contributed by atoms with E-state index in [1.54, 1.807) is 7.05 Å². The van der Waals surface area contributed by atoms with Gasteiger partial charge in [0.25, 0.3) is 10.2 Å². The highest BCUT2D eigenvalue weighted by molar-refractivity contribution is 7.87. The van der Waals surface area contributed by atoms with Gasteiger partial charge in [-0.15, -0.1) is 0 Å². The number of benzene rings is 1. The van der Waals surface area contributed by atoms with E-state index in [-0.39, 0.29) is 19.2 Å². The van der Waals surface area contributed by atoms with E-state index in [2.05, 4.69) is 24.4 Å². The molecule has 9 heteroatoms. The molecule has 1 aliphatic rings. The number of nitrogens with zero attached hydrogens (tertiary/aromatic N) is 2. The Morgan fingerprint density at radius 1 is 1.38 bits per heavy atom. The molecule has 2 rings (SSSR count). The van der Waals surface area contributed by atoms with Crippen molar-refractivity contribution in [3.8, 4) is 0 Å². The van der Waals surface area contributed by atoms with Crippen molar-refractivity contribution in [1.82, 2.24) is 9.03 Å². The van der Waals surface area contributed by atoms with Crippen molar-refractivity contribution in [2.24, 2.45) is 0 Å². The summed E-state index contributed by atoms with van der Waals surface area (Å²) in [6, 6.07) is 7.67. The van der Waals surface area contributed by atoms with E-state index in [1.807, 2.05) is 31.2 Å². The lowest BCUT2D eigenvalue weighted by Crippen LogP contribution is -2.44. The Morgan fingerprint density at radius 3 is 2.69 bits per heavy atom. The van der Waals surface area contributed by atoms with Crippen molar-refractivity contribution in [3.63, 3.8) is 0 Å². The standard InChI is InChI=1S/C17H29N3O4SSi/c1-14-7-6-8-15(11-14)19(2)17(21)16-12-20(25(22,23)18-16)13-24-9-10-26(3,4)5/h6-8,11,16,18H,9-10,12-13H2,1-5H3/t16-/m0/s1. The van der Waals surface area contributed by atoms with Crippen LogP contribution in [0.1, 0.15) is 5.56 Å². The van der Waals surface area contributed by atoms with Crippen molar-refractivity contribution >= 4 is 29.9 Å². The van der Waals surface area contributed by atoms with Crippen LogP contribution in [-0.4, -0.2) is 59.7 Å². The zero-order valence-electron chi connectivity index (χ0n) is 16.2. The Bertz CT molecular complexity index is 749. The first-order valence-corrected chi connectivity index (χ1v) is 13.8. The molecule has 0 bridgehead atoms. The average Bonchev–Trinajstić information content (AvgIpc) is 2.84. The number of hydrogen-bond acceptors (Lipinski definition) is 4. The number of ether oxygens (including phenoxy) is 1. The summed E-state index contributed by atoms with van der Waals surface area (Å²) >= 11 is 0. The van der Waals surface area contributed by atoms with Gasteiger partial charge in [-0.1, -0.05) is 31.8 Å². The number of nitrogens with one attached hydrogen (secondary N) is 1. The van der Waals surface area contributed by atoms with Crippen molar-refractivity contribution < 1.29 is 17.9 Å². The lowest BCUT2D eigenvalue weighted by atomic mass is 10.2. The van der Waals surface area contributed by atoms with E-state index in [0.29, 0.717) is 6.61 Å². The first-order chi connectivity index (χ1) is 12.0. The number of carbonyl (C=O) groups is 1. The summed E-state index contributed by atoms with van der Waals surface area (Å²) in [4.78, 5) is 14.2. The largest absolute Gasteiger partial charge is 0.365 e. The topological polar surface area (TPSA) is 79.0 Å². The van der Waals surface area contributed by atoms with Crippen molar-refractivity contribution in [2.45, 2.75) is 38.7 Å². The van der Waals surface area contributed by atoms with E-state index in [0.717, 1.165) is 17.3 Å². The molecule has 1 aromatic carbocycles. The van der Waals surface area contributed by atoms with Crippen LogP contribution in [0.15, 0.2) is 24.3 Å². The third kappa shape index (κ3) is 5.62. The van der Waals surface area contributed by atoms with Gasteiger partial charge in [-0.25, -0.2) is 0 Å². The Morgan fingerprint density at radius 2 is 2.08 bits per heavy atom. The summed E-state index contributed by atoms with van der Waals surface area (Å²) < 4.78 is 33.7. The number of hydrogen-bond donors (Lipinski definition) is 1. The quantitative estimate of drug-likeness (QED) is 0.560. The molecule has 0 unspecified atom stereocenters. The summed E-state index contributed by atoms with van der Waals surface area (Å²) in [5.74, 6) is -0.288. The fraction of sp³-hybridized carbons (Fsp3) is 0.588. The van der Waals surface area contributed by atoms with E-state index in [1.165, 1.54) is 9.21 Å². The van der Waals surface area contributed by atoms with Crippen LogP contribution in [0.2, 0.25) is 25.7 Å². The molecule has 0 aromatic heterocycles. The summed E-state index contributed by atoms with van der Waals surface area (Å²) in [5, 5.41) is 0. The SMILES string of the molecule is Cc1cccc(N(C)C(=O)[C@@H]2CN(COCC[Si](C)(C)C)S(=O)(=O)N2)c1. The molecule has 26 heavy (non-hydrogen) atoms. The molecule has 146 valence electrons.